The Morgan fingerprint density at radius 3 is 2.47 bits per heavy atom. The summed E-state index contributed by atoms with van der Waals surface area (Å²) in [5, 5.41) is 2.74. The van der Waals surface area contributed by atoms with Gasteiger partial charge in [-0.15, -0.1) is 0 Å². The molecule has 0 aromatic heterocycles. The molecule has 0 fully saturated rings. The number of rotatable bonds is 7. The molecule has 0 unspecified atom stereocenters. The normalized spacial score (nSPS) is 12.7. The van der Waals surface area contributed by atoms with Crippen LogP contribution in [0.1, 0.15) is 17.3 Å². The van der Waals surface area contributed by atoms with Crippen LogP contribution in [0.25, 0.3) is 0 Å². The van der Waals surface area contributed by atoms with Crippen LogP contribution in [-0.2, 0) is 14.8 Å². The van der Waals surface area contributed by atoms with Crippen LogP contribution in [0, 0.1) is 0 Å². The Bertz CT molecular complexity index is 1050. The van der Waals surface area contributed by atoms with Crippen molar-refractivity contribution in [2.75, 3.05) is 42.6 Å². The molecule has 9 nitrogen and oxygen atoms in total. The van der Waals surface area contributed by atoms with Crippen LogP contribution in [0.15, 0.2) is 42.5 Å². The third-order valence-corrected chi connectivity index (χ3v) is 4.87. The van der Waals surface area contributed by atoms with Gasteiger partial charge in [-0.05, 0) is 31.2 Å². The summed E-state index contributed by atoms with van der Waals surface area (Å²) in [5.41, 5.74) is 0.847. The lowest BCUT2D eigenvalue weighted by Gasteiger charge is -2.22. The minimum Gasteiger partial charge on any atom is -0.486 e. The zero-order valence-corrected chi connectivity index (χ0v) is 17.5. The maximum absolute atomic E-state index is 12.9. The second-order valence-corrected chi connectivity index (χ2v) is 8.39. The summed E-state index contributed by atoms with van der Waals surface area (Å²) in [5.74, 6) is 0.305. The summed E-state index contributed by atoms with van der Waals surface area (Å²) in [6, 6.07) is 11.3. The van der Waals surface area contributed by atoms with E-state index in [1.807, 2.05) is 0 Å². The molecule has 0 radical (unpaired) electrons. The number of sulfonamides is 1. The molecule has 3 rings (SSSR count). The molecule has 0 saturated carbocycles. The first kappa shape index (κ1) is 21.4. The van der Waals surface area contributed by atoms with Gasteiger partial charge in [-0.3, -0.25) is 14.3 Å². The van der Waals surface area contributed by atoms with Gasteiger partial charge < -0.3 is 19.7 Å². The molecule has 1 aliphatic heterocycles. The standard InChI is InChI=1S/C20H23N3O6S/c1-3-23(20(25)15-6-4-5-7-16(15)22-30(2,26)27)13-19(24)21-14-8-9-17-18(12-14)29-11-10-28-17/h4-9,12,22H,3,10-11,13H2,1-2H3,(H,21,24). The SMILES string of the molecule is CCN(CC(=O)Nc1ccc2c(c1)OCCO2)C(=O)c1ccccc1NS(C)(=O)=O. The van der Waals surface area contributed by atoms with Crippen molar-refractivity contribution in [2.45, 2.75) is 6.92 Å². The largest absolute Gasteiger partial charge is 0.486 e. The molecule has 1 aliphatic rings. The van der Waals surface area contributed by atoms with E-state index in [1.165, 1.54) is 17.0 Å². The number of anilines is 2. The summed E-state index contributed by atoms with van der Waals surface area (Å²) < 4.78 is 36.4. The summed E-state index contributed by atoms with van der Waals surface area (Å²) in [7, 11) is -3.56. The van der Waals surface area contributed by atoms with E-state index in [4.69, 9.17) is 9.47 Å². The number of hydrogen-bond acceptors (Lipinski definition) is 6. The van der Waals surface area contributed by atoms with Crippen LogP contribution in [0.5, 0.6) is 11.5 Å². The van der Waals surface area contributed by atoms with E-state index in [9.17, 15) is 18.0 Å². The molecular formula is C20H23N3O6S. The van der Waals surface area contributed by atoms with Crippen LogP contribution < -0.4 is 19.5 Å². The molecule has 2 aromatic carbocycles. The van der Waals surface area contributed by atoms with E-state index in [1.54, 1.807) is 37.3 Å². The Kier molecular flexibility index (Phi) is 6.46. The molecule has 0 bridgehead atoms. The highest BCUT2D eigenvalue weighted by Gasteiger charge is 2.21. The van der Waals surface area contributed by atoms with E-state index in [0.717, 1.165) is 6.26 Å². The van der Waals surface area contributed by atoms with Crippen molar-refractivity contribution >= 4 is 33.2 Å². The number of benzene rings is 2. The average Bonchev–Trinajstić information content (AvgIpc) is 2.70. The molecule has 0 saturated heterocycles. The highest BCUT2D eigenvalue weighted by molar-refractivity contribution is 7.92. The van der Waals surface area contributed by atoms with Gasteiger partial charge in [0, 0.05) is 18.3 Å². The van der Waals surface area contributed by atoms with E-state index < -0.39 is 21.8 Å². The Morgan fingerprint density at radius 1 is 1.07 bits per heavy atom. The van der Waals surface area contributed by atoms with Crippen molar-refractivity contribution in [3.8, 4) is 11.5 Å². The number of fused-ring (bicyclic) bond motifs is 1. The zero-order valence-electron chi connectivity index (χ0n) is 16.7. The lowest BCUT2D eigenvalue weighted by molar-refractivity contribution is -0.116. The van der Waals surface area contributed by atoms with E-state index in [0.29, 0.717) is 30.4 Å². The van der Waals surface area contributed by atoms with Gasteiger partial charge in [0.05, 0.1) is 17.5 Å². The highest BCUT2D eigenvalue weighted by Crippen LogP contribution is 2.32. The monoisotopic (exact) mass is 433 g/mol. The number of para-hydroxylation sites is 1. The second kappa shape index (κ2) is 9.04. The molecule has 0 spiro atoms. The predicted molar refractivity (Wildman–Crippen MR) is 113 cm³/mol. The summed E-state index contributed by atoms with van der Waals surface area (Å²) in [6.45, 7) is 2.71. The lowest BCUT2D eigenvalue weighted by Crippen LogP contribution is -2.38. The molecule has 30 heavy (non-hydrogen) atoms. The topological polar surface area (TPSA) is 114 Å². The fourth-order valence-electron chi connectivity index (χ4n) is 2.95. The molecule has 1 heterocycles. The van der Waals surface area contributed by atoms with Crippen molar-refractivity contribution in [1.29, 1.82) is 0 Å². The fourth-order valence-corrected chi connectivity index (χ4v) is 3.53. The minimum atomic E-state index is -3.56. The van der Waals surface area contributed by atoms with Crippen LogP contribution in [0.3, 0.4) is 0 Å². The van der Waals surface area contributed by atoms with Crippen LogP contribution in [-0.4, -0.2) is 57.7 Å². The number of ether oxygens (including phenoxy) is 2. The number of carbonyl (C=O) groups is 2. The maximum atomic E-state index is 12.9. The van der Waals surface area contributed by atoms with Gasteiger partial charge in [-0.1, -0.05) is 12.1 Å². The third kappa shape index (κ3) is 5.41. The van der Waals surface area contributed by atoms with Crippen LogP contribution in [0.2, 0.25) is 0 Å². The Hall–Kier alpha value is -3.27. The molecule has 0 atom stereocenters. The first-order chi connectivity index (χ1) is 14.3. The number of nitrogens with zero attached hydrogens (tertiary/aromatic N) is 1. The van der Waals surface area contributed by atoms with Gasteiger partial charge in [0.1, 0.15) is 19.8 Å². The van der Waals surface area contributed by atoms with Crippen LogP contribution >= 0.6 is 0 Å². The van der Waals surface area contributed by atoms with Gasteiger partial charge >= 0.3 is 0 Å². The van der Waals surface area contributed by atoms with Gasteiger partial charge in [-0.25, -0.2) is 8.42 Å². The van der Waals surface area contributed by atoms with Crippen molar-refractivity contribution in [3.63, 3.8) is 0 Å². The molecular weight excluding hydrogens is 410 g/mol. The Labute approximate surface area is 175 Å². The molecule has 0 aliphatic carbocycles. The number of nitrogens with one attached hydrogen (secondary N) is 2. The summed E-state index contributed by atoms with van der Waals surface area (Å²) in [6.07, 6.45) is 1.01. The average molecular weight is 433 g/mol. The van der Waals surface area contributed by atoms with Crippen molar-refractivity contribution in [2.24, 2.45) is 0 Å². The fraction of sp³-hybridized carbons (Fsp3) is 0.300. The first-order valence-corrected chi connectivity index (χ1v) is 11.2. The van der Waals surface area contributed by atoms with Gasteiger partial charge in [0.15, 0.2) is 11.5 Å². The van der Waals surface area contributed by atoms with Crippen molar-refractivity contribution in [1.82, 2.24) is 4.90 Å². The number of hydrogen-bond donors (Lipinski definition) is 2. The molecule has 2 N–H and O–H groups in total. The molecule has 10 heteroatoms. The quantitative estimate of drug-likeness (QED) is 0.690. The minimum absolute atomic E-state index is 0.163. The second-order valence-electron chi connectivity index (χ2n) is 6.65. The maximum Gasteiger partial charge on any atom is 0.256 e. The van der Waals surface area contributed by atoms with E-state index >= 15 is 0 Å². The van der Waals surface area contributed by atoms with Crippen LogP contribution in [0.4, 0.5) is 11.4 Å². The van der Waals surface area contributed by atoms with E-state index in [2.05, 4.69) is 10.0 Å². The Morgan fingerprint density at radius 2 is 1.77 bits per heavy atom. The first-order valence-electron chi connectivity index (χ1n) is 9.32. The number of likely N-dealkylation sites (N-methyl/N-ethyl adjacent to an activating group) is 1. The van der Waals surface area contributed by atoms with Crippen molar-refractivity contribution in [3.05, 3.63) is 48.0 Å². The van der Waals surface area contributed by atoms with E-state index in [-0.39, 0.29) is 24.3 Å². The van der Waals surface area contributed by atoms with Crippen molar-refractivity contribution < 1.29 is 27.5 Å². The summed E-state index contributed by atoms with van der Waals surface area (Å²) in [4.78, 5) is 26.8. The molecule has 2 aromatic rings. The van der Waals surface area contributed by atoms with Gasteiger partial charge in [0.25, 0.3) is 5.91 Å². The summed E-state index contributed by atoms with van der Waals surface area (Å²) >= 11 is 0. The van der Waals surface area contributed by atoms with Gasteiger partial charge in [0.2, 0.25) is 15.9 Å². The van der Waals surface area contributed by atoms with Gasteiger partial charge in [-0.2, -0.15) is 0 Å². The molecule has 2 amide bonds. The third-order valence-electron chi connectivity index (χ3n) is 4.28. The Balaban J connectivity index is 1.71. The number of carbonyl (C=O) groups excluding carboxylic acids is 2. The predicted octanol–water partition coefficient (Wildman–Crippen LogP) is 1.93. The smallest absolute Gasteiger partial charge is 0.256 e. The number of amides is 2. The highest BCUT2D eigenvalue weighted by atomic mass is 32.2. The lowest BCUT2D eigenvalue weighted by atomic mass is 10.1. The molecule has 160 valence electrons. The zero-order chi connectivity index (χ0) is 21.7.